The number of aromatic nitrogens is 1. The predicted molar refractivity (Wildman–Crippen MR) is 144 cm³/mol. The summed E-state index contributed by atoms with van der Waals surface area (Å²) in [6.45, 7) is 1.56. The van der Waals surface area contributed by atoms with Crippen molar-refractivity contribution in [2.45, 2.75) is 37.5 Å². The van der Waals surface area contributed by atoms with Crippen molar-refractivity contribution >= 4 is 52.4 Å². The number of hydrogen-bond acceptors (Lipinski definition) is 4. The van der Waals surface area contributed by atoms with E-state index < -0.39 is 5.91 Å². The van der Waals surface area contributed by atoms with E-state index in [2.05, 4.69) is 15.6 Å². The second-order valence-electron chi connectivity index (χ2n) is 9.59. The highest BCUT2D eigenvalue weighted by molar-refractivity contribution is 6.31. The molecular weight excluding hydrogens is 511 g/mol. The van der Waals surface area contributed by atoms with Gasteiger partial charge in [0.25, 0.3) is 11.8 Å². The first-order valence-electron chi connectivity index (χ1n) is 12.3. The lowest BCUT2D eigenvalue weighted by Crippen LogP contribution is -2.40. The summed E-state index contributed by atoms with van der Waals surface area (Å²) < 4.78 is 0. The van der Waals surface area contributed by atoms with E-state index in [1.54, 1.807) is 36.4 Å². The number of carbonyl (C=O) groups excluding carboxylic acids is 3. The normalized spacial score (nSPS) is 16.3. The molecule has 5 rings (SSSR count). The molecule has 3 aromatic rings. The van der Waals surface area contributed by atoms with Crippen LogP contribution >= 0.6 is 23.2 Å². The highest BCUT2D eigenvalue weighted by Gasteiger charge is 2.46. The summed E-state index contributed by atoms with van der Waals surface area (Å²) in [6.07, 6.45) is 6.17. The van der Waals surface area contributed by atoms with Crippen molar-refractivity contribution in [1.82, 2.24) is 9.88 Å². The molecule has 0 atom stereocenters. The topological polar surface area (TPSA) is 91.4 Å². The van der Waals surface area contributed by atoms with Gasteiger partial charge in [-0.2, -0.15) is 0 Å². The fourth-order valence-electron chi connectivity index (χ4n) is 4.70. The second-order valence-corrected chi connectivity index (χ2v) is 10.5. The van der Waals surface area contributed by atoms with Gasteiger partial charge in [0.05, 0.1) is 16.3 Å². The molecule has 37 heavy (non-hydrogen) atoms. The van der Waals surface area contributed by atoms with E-state index >= 15 is 0 Å². The van der Waals surface area contributed by atoms with Crippen molar-refractivity contribution in [3.8, 4) is 0 Å². The maximum absolute atomic E-state index is 13.1. The van der Waals surface area contributed by atoms with Crippen LogP contribution in [0, 0.1) is 0 Å². The maximum Gasteiger partial charge on any atom is 0.258 e. The largest absolute Gasteiger partial charge is 0.342 e. The lowest BCUT2D eigenvalue weighted by Gasteiger charge is -2.31. The van der Waals surface area contributed by atoms with Crippen molar-refractivity contribution in [3.05, 3.63) is 87.5 Å². The molecule has 1 aliphatic heterocycles. The number of carbonyl (C=O) groups is 3. The summed E-state index contributed by atoms with van der Waals surface area (Å²) in [5.41, 5.74) is 2.13. The number of benzene rings is 2. The van der Waals surface area contributed by atoms with Crippen LogP contribution in [0.4, 0.5) is 11.5 Å². The van der Waals surface area contributed by atoms with Crippen LogP contribution in [0.2, 0.25) is 10.0 Å². The van der Waals surface area contributed by atoms with Gasteiger partial charge in [-0.15, -0.1) is 0 Å². The number of amides is 3. The zero-order valence-electron chi connectivity index (χ0n) is 20.1. The van der Waals surface area contributed by atoms with Gasteiger partial charge < -0.3 is 15.5 Å². The van der Waals surface area contributed by atoms with Crippen LogP contribution in [0.5, 0.6) is 0 Å². The Morgan fingerprint density at radius 1 is 0.919 bits per heavy atom. The molecule has 0 bridgehead atoms. The number of pyridine rings is 1. The third kappa shape index (κ3) is 5.78. The summed E-state index contributed by atoms with van der Waals surface area (Å²) in [4.78, 5) is 44.3. The van der Waals surface area contributed by atoms with Crippen LogP contribution in [0.15, 0.2) is 60.8 Å². The van der Waals surface area contributed by atoms with Gasteiger partial charge in [-0.3, -0.25) is 14.4 Å². The summed E-state index contributed by atoms with van der Waals surface area (Å²) >= 11 is 12.0. The molecule has 9 heteroatoms. The van der Waals surface area contributed by atoms with Gasteiger partial charge in [0, 0.05) is 41.7 Å². The number of halogens is 2. The third-order valence-electron chi connectivity index (χ3n) is 6.97. The summed E-state index contributed by atoms with van der Waals surface area (Å²) in [6, 6.07) is 15.4. The van der Waals surface area contributed by atoms with E-state index in [1.807, 2.05) is 17.0 Å². The lowest BCUT2D eigenvalue weighted by molar-refractivity contribution is -0.133. The molecule has 0 radical (unpaired) electrons. The number of rotatable bonds is 7. The SMILES string of the molecule is O=C(Nc1ccc(Cl)cc1C(=O)Nc1ccc(Cl)cn1)c1ccc(C2(CN3CCCCC3=O)CC2)cc1. The van der Waals surface area contributed by atoms with E-state index in [0.717, 1.165) is 44.3 Å². The highest BCUT2D eigenvalue weighted by Crippen LogP contribution is 2.49. The number of anilines is 2. The molecule has 1 aromatic heterocycles. The molecule has 190 valence electrons. The van der Waals surface area contributed by atoms with Crippen LogP contribution in [0.1, 0.15) is 58.4 Å². The molecule has 1 aliphatic carbocycles. The van der Waals surface area contributed by atoms with Crippen molar-refractivity contribution in [2.24, 2.45) is 0 Å². The molecule has 0 unspecified atom stereocenters. The van der Waals surface area contributed by atoms with Crippen molar-refractivity contribution in [3.63, 3.8) is 0 Å². The van der Waals surface area contributed by atoms with E-state index in [0.29, 0.717) is 33.5 Å². The Kier molecular flexibility index (Phi) is 7.17. The Labute approximate surface area is 225 Å². The molecule has 2 N–H and O–H groups in total. The molecule has 0 spiro atoms. The quantitative estimate of drug-likeness (QED) is 0.391. The summed E-state index contributed by atoms with van der Waals surface area (Å²) in [5, 5.41) is 6.32. The molecule has 1 saturated heterocycles. The van der Waals surface area contributed by atoms with Crippen LogP contribution in [0.3, 0.4) is 0 Å². The standard InChI is InChI=1S/C28H26Cl2N4O3/c29-20-8-10-23(22(15-20)27(37)33-24-11-9-21(30)16-31-24)32-26(36)18-4-6-19(7-5-18)28(12-13-28)17-34-14-2-1-3-25(34)35/h4-11,15-16H,1-3,12-14,17H2,(H,32,36)(H,31,33,37). The van der Waals surface area contributed by atoms with Gasteiger partial charge in [-0.25, -0.2) is 4.98 Å². The van der Waals surface area contributed by atoms with E-state index in [-0.39, 0.29) is 22.8 Å². The molecule has 2 aliphatic rings. The zero-order chi connectivity index (χ0) is 26.0. The Morgan fingerprint density at radius 2 is 1.68 bits per heavy atom. The average molecular weight is 537 g/mol. The summed E-state index contributed by atoms with van der Waals surface area (Å²) in [7, 11) is 0. The van der Waals surface area contributed by atoms with Crippen molar-refractivity contribution < 1.29 is 14.4 Å². The zero-order valence-corrected chi connectivity index (χ0v) is 21.6. The number of hydrogen-bond donors (Lipinski definition) is 2. The second kappa shape index (κ2) is 10.5. The first-order chi connectivity index (χ1) is 17.8. The van der Waals surface area contributed by atoms with Gasteiger partial charge in [-0.05, 0) is 73.7 Å². The van der Waals surface area contributed by atoms with Crippen LogP contribution in [-0.2, 0) is 10.2 Å². The molecule has 1 saturated carbocycles. The number of piperidine rings is 1. The van der Waals surface area contributed by atoms with Gasteiger partial charge in [0.1, 0.15) is 5.82 Å². The minimum Gasteiger partial charge on any atom is -0.342 e. The summed E-state index contributed by atoms with van der Waals surface area (Å²) in [5.74, 6) is -0.250. The third-order valence-corrected chi connectivity index (χ3v) is 7.43. The van der Waals surface area contributed by atoms with Crippen molar-refractivity contribution in [1.29, 1.82) is 0 Å². The van der Waals surface area contributed by atoms with Crippen LogP contribution < -0.4 is 10.6 Å². The number of nitrogens with one attached hydrogen (secondary N) is 2. The van der Waals surface area contributed by atoms with Gasteiger partial charge in [-0.1, -0.05) is 35.3 Å². The predicted octanol–water partition coefficient (Wildman–Crippen LogP) is 5.94. The van der Waals surface area contributed by atoms with E-state index in [4.69, 9.17) is 23.2 Å². The Hall–Kier alpha value is -3.42. The van der Waals surface area contributed by atoms with Gasteiger partial charge >= 0.3 is 0 Å². The first kappa shape index (κ1) is 25.2. The number of likely N-dealkylation sites (tertiary alicyclic amines) is 1. The Balaban J connectivity index is 1.28. The highest BCUT2D eigenvalue weighted by atomic mass is 35.5. The minimum absolute atomic E-state index is 0.0147. The van der Waals surface area contributed by atoms with Crippen LogP contribution in [-0.4, -0.2) is 40.7 Å². The molecule has 3 amide bonds. The Bertz CT molecular complexity index is 1340. The molecule has 7 nitrogen and oxygen atoms in total. The van der Waals surface area contributed by atoms with Gasteiger partial charge in [0.2, 0.25) is 5.91 Å². The number of nitrogens with zero attached hydrogens (tertiary/aromatic N) is 2. The van der Waals surface area contributed by atoms with E-state index in [1.165, 1.54) is 12.3 Å². The first-order valence-corrected chi connectivity index (χ1v) is 13.0. The minimum atomic E-state index is -0.467. The smallest absolute Gasteiger partial charge is 0.258 e. The molecular formula is C28H26Cl2N4O3. The lowest BCUT2D eigenvalue weighted by atomic mass is 9.93. The van der Waals surface area contributed by atoms with Crippen molar-refractivity contribution in [2.75, 3.05) is 23.7 Å². The van der Waals surface area contributed by atoms with Crippen LogP contribution in [0.25, 0.3) is 0 Å². The fourth-order valence-corrected chi connectivity index (χ4v) is 4.98. The molecule has 2 heterocycles. The maximum atomic E-state index is 13.1. The molecule has 2 fully saturated rings. The monoisotopic (exact) mass is 536 g/mol. The fraction of sp³-hybridized carbons (Fsp3) is 0.286. The van der Waals surface area contributed by atoms with E-state index in [9.17, 15) is 14.4 Å². The van der Waals surface area contributed by atoms with Gasteiger partial charge in [0.15, 0.2) is 0 Å². The molecule has 2 aromatic carbocycles. The Morgan fingerprint density at radius 3 is 2.35 bits per heavy atom. The average Bonchev–Trinajstić information content (AvgIpc) is 3.68.